The maximum Gasteiger partial charge on any atom is 0.137 e. The number of rotatable bonds is 4. The normalized spacial score (nSPS) is 15.9. The Balaban J connectivity index is 1.94. The van der Waals surface area contributed by atoms with E-state index < -0.39 is 0 Å². The SMILES string of the molecule is O=C(Cc1ccc(F)cc1Br)CC1CCC1. The Hall–Kier alpha value is -0.700. The number of carbonyl (C=O) groups excluding carboxylic acids is 1. The topological polar surface area (TPSA) is 17.1 Å². The minimum Gasteiger partial charge on any atom is -0.299 e. The summed E-state index contributed by atoms with van der Waals surface area (Å²) in [5.41, 5.74) is 0.880. The minimum absolute atomic E-state index is 0.261. The van der Waals surface area contributed by atoms with Gasteiger partial charge in [0.1, 0.15) is 11.6 Å². The lowest BCUT2D eigenvalue weighted by atomic mass is 9.81. The van der Waals surface area contributed by atoms with Crippen LogP contribution in [0.2, 0.25) is 0 Å². The summed E-state index contributed by atoms with van der Waals surface area (Å²) < 4.78 is 13.5. The molecule has 0 aromatic heterocycles. The van der Waals surface area contributed by atoms with E-state index in [1.807, 2.05) is 0 Å². The number of halogens is 2. The van der Waals surface area contributed by atoms with Crippen molar-refractivity contribution in [1.29, 1.82) is 0 Å². The van der Waals surface area contributed by atoms with Gasteiger partial charge < -0.3 is 0 Å². The zero-order valence-electron chi connectivity index (χ0n) is 9.01. The molecule has 0 amide bonds. The molecule has 1 aromatic carbocycles. The predicted molar refractivity (Wildman–Crippen MR) is 64.8 cm³/mol. The highest BCUT2D eigenvalue weighted by atomic mass is 79.9. The highest BCUT2D eigenvalue weighted by molar-refractivity contribution is 9.10. The number of ketones is 1. The fourth-order valence-electron chi connectivity index (χ4n) is 1.97. The largest absolute Gasteiger partial charge is 0.299 e. The lowest BCUT2D eigenvalue weighted by Gasteiger charge is -2.24. The molecule has 0 aliphatic heterocycles. The quantitative estimate of drug-likeness (QED) is 0.820. The zero-order chi connectivity index (χ0) is 11.5. The molecule has 0 saturated heterocycles. The monoisotopic (exact) mass is 284 g/mol. The molecule has 3 heteroatoms. The molecule has 0 bridgehead atoms. The molecule has 1 fully saturated rings. The summed E-state index contributed by atoms with van der Waals surface area (Å²) in [6, 6.07) is 4.49. The summed E-state index contributed by atoms with van der Waals surface area (Å²) in [7, 11) is 0. The van der Waals surface area contributed by atoms with Crippen molar-refractivity contribution in [2.24, 2.45) is 5.92 Å². The third-order valence-corrected chi connectivity index (χ3v) is 3.88. The summed E-state index contributed by atoms with van der Waals surface area (Å²) in [5, 5.41) is 0. The van der Waals surface area contributed by atoms with Crippen LogP contribution in [0.3, 0.4) is 0 Å². The van der Waals surface area contributed by atoms with Crippen LogP contribution in [0.15, 0.2) is 22.7 Å². The van der Waals surface area contributed by atoms with Crippen LogP contribution in [0.25, 0.3) is 0 Å². The van der Waals surface area contributed by atoms with Crippen LogP contribution in [-0.4, -0.2) is 5.78 Å². The van der Waals surface area contributed by atoms with E-state index in [1.165, 1.54) is 31.4 Å². The maximum absolute atomic E-state index is 12.8. The average molecular weight is 285 g/mol. The molecule has 86 valence electrons. The van der Waals surface area contributed by atoms with E-state index in [1.54, 1.807) is 6.07 Å². The highest BCUT2D eigenvalue weighted by Gasteiger charge is 2.20. The zero-order valence-corrected chi connectivity index (χ0v) is 10.6. The van der Waals surface area contributed by atoms with Crippen LogP contribution >= 0.6 is 15.9 Å². The molecule has 0 unspecified atom stereocenters. The molecule has 0 heterocycles. The van der Waals surface area contributed by atoms with Gasteiger partial charge in [0.25, 0.3) is 0 Å². The van der Waals surface area contributed by atoms with E-state index in [0.717, 1.165) is 5.56 Å². The fraction of sp³-hybridized carbons (Fsp3) is 0.462. The Morgan fingerprint density at radius 1 is 1.44 bits per heavy atom. The third kappa shape index (κ3) is 2.91. The molecule has 1 aromatic rings. The first-order chi connectivity index (χ1) is 7.65. The Morgan fingerprint density at radius 3 is 2.75 bits per heavy atom. The van der Waals surface area contributed by atoms with Crippen LogP contribution in [0.4, 0.5) is 4.39 Å². The predicted octanol–water partition coefficient (Wildman–Crippen LogP) is 3.89. The van der Waals surface area contributed by atoms with Gasteiger partial charge in [-0.15, -0.1) is 0 Å². The van der Waals surface area contributed by atoms with Crippen LogP contribution < -0.4 is 0 Å². The molecule has 1 aliphatic carbocycles. The van der Waals surface area contributed by atoms with Gasteiger partial charge in [-0.3, -0.25) is 4.79 Å². The first-order valence-corrected chi connectivity index (χ1v) is 6.40. The maximum atomic E-state index is 12.8. The molecule has 0 N–H and O–H groups in total. The highest BCUT2D eigenvalue weighted by Crippen LogP contribution is 2.30. The molecule has 0 radical (unpaired) electrons. The molecule has 2 rings (SSSR count). The smallest absolute Gasteiger partial charge is 0.137 e. The third-order valence-electron chi connectivity index (χ3n) is 3.14. The van der Waals surface area contributed by atoms with Gasteiger partial charge in [-0.05, 0) is 23.6 Å². The average Bonchev–Trinajstić information content (AvgIpc) is 2.16. The van der Waals surface area contributed by atoms with E-state index in [2.05, 4.69) is 15.9 Å². The summed E-state index contributed by atoms with van der Waals surface area (Å²) >= 11 is 3.28. The van der Waals surface area contributed by atoms with Gasteiger partial charge in [0.05, 0.1) is 0 Å². The number of carbonyl (C=O) groups is 1. The van der Waals surface area contributed by atoms with Gasteiger partial charge in [0.15, 0.2) is 0 Å². The van der Waals surface area contributed by atoms with E-state index >= 15 is 0 Å². The Kier molecular flexibility index (Phi) is 3.74. The molecule has 1 aliphatic rings. The van der Waals surface area contributed by atoms with Gasteiger partial charge in [-0.2, -0.15) is 0 Å². The van der Waals surface area contributed by atoms with E-state index in [-0.39, 0.29) is 11.6 Å². The second-order valence-electron chi connectivity index (χ2n) is 4.45. The lowest BCUT2D eigenvalue weighted by molar-refractivity contribution is -0.119. The Morgan fingerprint density at radius 2 is 2.19 bits per heavy atom. The first kappa shape index (κ1) is 11.8. The summed E-state index contributed by atoms with van der Waals surface area (Å²) in [4.78, 5) is 11.7. The standard InChI is InChI=1S/C13H14BrFO/c14-13-8-11(15)5-4-10(13)7-12(16)6-9-2-1-3-9/h4-5,8-9H,1-3,6-7H2. The van der Waals surface area contributed by atoms with Crippen molar-refractivity contribution < 1.29 is 9.18 Å². The summed E-state index contributed by atoms with van der Waals surface area (Å²) in [6.45, 7) is 0. The van der Waals surface area contributed by atoms with Gasteiger partial charge >= 0.3 is 0 Å². The lowest BCUT2D eigenvalue weighted by Crippen LogP contribution is -2.17. The fourth-order valence-corrected chi connectivity index (χ4v) is 2.46. The van der Waals surface area contributed by atoms with Crippen molar-refractivity contribution in [1.82, 2.24) is 0 Å². The molecule has 16 heavy (non-hydrogen) atoms. The van der Waals surface area contributed by atoms with Crippen LogP contribution in [0, 0.1) is 11.7 Å². The van der Waals surface area contributed by atoms with Crippen molar-refractivity contribution in [3.8, 4) is 0 Å². The van der Waals surface area contributed by atoms with Crippen LogP contribution in [-0.2, 0) is 11.2 Å². The summed E-state index contributed by atoms with van der Waals surface area (Å²) in [5.74, 6) is 0.589. The number of Topliss-reactive ketones (excluding diaryl/α,β-unsaturated/α-hetero) is 1. The van der Waals surface area contributed by atoms with Crippen molar-refractivity contribution in [3.05, 3.63) is 34.1 Å². The Labute approximate surface area is 103 Å². The van der Waals surface area contributed by atoms with Crippen LogP contribution in [0.5, 0.6) is 0 Å². The Bertz CT molecular complexity index is 399. The molecule has 0 atom stereocenters. The van der Waals surface area contributed by atoms with Crippen molar-refractivity contribution in [2.75, 3.05) is 0 Å². The number of hydrogen-bond donors (Lipinski definition) is 0. The molecule has 0 spiro atoms. The first-order valence-electron chi connectivity index (χ1n) is 5.61. The van der Waals surface area contributed by atoms with Gasteiger partial charge in [-0.1, -0.05) is 41.3 Å². The van der Waals surface area contributed by atoms with E-state index in [0.29, 0.717) is 23.2 Å². The second-order valence-corrected chi connectivity index (χ2v) is 5.31. The molecule has 1 nitrogen and oxygen atoms in total. The van der Waals surface area contributed by atoms with Crippen LogP contribution in [0.1, 0.15) is 31.2 Å². The summed E-state index contributed by atoms with van der Waals surface area (Å²) in [6.07, 6.45) is 4.74. The van der Waals surface area contributed by atoms with E-state index in [9.17, 15) is 9.18 Å². The van der Waals surface area contributed by atoms with Crippen molar-refractivity contribution in [3.63, 3.8) is 0 Å². The van der Waals surface area contributed by atoms with E-state index in [4.69, 9.17) is 0 Å². The number of benzene rings is 1. The van der Waals surface area contributed by atoms with Crippen molar-refractivity contribution in [2.45, 2.75) is 32.1 Å². The van der Waals surface area contributed by atoms with Crippen molar-refractivity contribution >= 4 is 21.7 Å². The molecular formula is C13H14BrFO. The minimum atomic E-state index is -0.276. The molecule has 1 saturated carbocycles. The van der Waals surface area contributed by atoms with Gasteiger partial charge in [0, 0.05) is 17.3 Å². The molecular weight excluding hydrogens is 271 g/mol. The van der Waals surface area contributed by atoms with Gasteiger partial charge in [-0.25, -0.2) is 4.39 Å². The number of hydrogen-bond acceptors (Lipinski definition) is 1. The second kappa shape index (κ2) is 5.09. The van der Waals surface area contributed by atoms with Gasteiger partial charge in [0.2, 0.25) is 0 Å².